The normalized spacial score (nSPS) is 10.5. The number of rotatable bonds is 4. The highest BCUT2D eigenvalue weighted by Gasteiger charge is 2.13. The molecule has 0 fully saturated rings. The first-order valence-corrected chi connectivity index (χ1v) is 8.09. The summed E-state index contributed by atoms with van der Waals surface area (Å²) < 4.78 is 6.72. The van der Waals surface area contributed by atoms with Crippen molar-refractivity contribution in [2.24, 2.45) is 5.84 Å². The third-order valence-corrected chi connectivity index (χ3v) is 4.77. The van der Waals surface area contributed by atoms with E-state index < -0.39 is 0 Å². The van der Waals surface area contributed by atoms with Gasteiger partial charge < -0.3 is 4.74 Å². The Hall–Kier alpha value is -1.08. The van der Waals surface area contributed by atoms with E-state index in [1.165, 1.54) is 11.3 Å². The average Bonchev–Trinajstić information content (AvgIpc) is 2.78. The van der Waals surface area contributed by atoms with Gasteiger partial charge in [0.15, 0.2) is 0 Å². The van der Waals surface area contributed by atoms with Crippen LogP contribution in [0.3, 0.4) is 0 Å². The van der Waals surface area contributed by atoms with Crippen LogP contribution in [0.5, 0.6) is 5.75 Å². The minimum absolute atomic E-state index is 0.299. The van der Waals surface area contributed by atoms with E-state index in [0.717, 1.165) is 20.5 Å². The van der Waals surface area contributed by atoms with Gasteiger partial charge >= 0.3 is 0 Å². The van der Waals surface area contributed by atoms with E-state index in [-0.39, 0.29) is 5.91 Å². The van der Waals surface area contributed by atoms with E-state index in [0.29, 0.717) is 22.3 Å². The maximum absolute atomic E-state index is 11.5. The van der Waals surface area contributed by atoms with Crippen molar-refractivity contribution in [2.45, 2.75) is 20.5 Å². The second-order valence-electron chi connectivity index (χ2n) is 4.49. The Balaban J connectivity index is 2.17. The lowest BCUT2D eigenvalue weighted by Crippen LogP contribution is -2.29. The number of nitrogens with one attached hydrogen (secondary N) is 1. The molecule has 1 aromatic carbocycles. The van der Waals surface area contributed by atoms with Gasteiger partial charge in [0, 0.05) is 14.9 Å². The number of carbonyl (C=O) groups is 1. The molecule has 2 rings (SSSR count). The molecule has 1 amide bonds. The number of amides is 1. The molecule has 0 saturated heterocycles. The van der Waals surface area contributed by atoms with Crippen LogP contribution < -0.4 is 16.0 Å². The van der Waals surface area contributed by atoms with E-state index in [2.05, 4.69) is 21.4 Å². The van der Waals surface area contributed by atoms with Crippen molar-refractivity contribution >= 4 is 44.8 Å². The van der Waals surface area contributed by atoms with Gasteiger partial charge in [0.1, 0.15) is 12.4 Å². The number of nitrogens with two attached hydrogens (primary N) is 1. The van der Waals surface area contributed by atoms with E-state index in [4.69, 9.17) is 22.2 Å². The van der Waals surface area contributed by atoms with Crippen molar-refractivity contribution < 1.29 is 9.53 Å². The average molecular weight is 390 g/mol. The van der Waals surface area contributed by atoms with Gasteiger partial charge in [-0.05, 0) is 37.6 Å². The van der Waals surface area contributed by atoms with E-state index >= 15 is 0 Å². The molecule has 7 heteroatoms. The number of hydrazine groups is 1. The topological polar surface area (TPSA) is 64.3 Å². The zero-order valence-corrected chi connectivity index (χ0v) is 14.7. The minimum Gasteiger partial charge on any atom is -0.487 e. The predicted octanol–water partition coefficient (Wildman–Crippen LogP) is 3.96. The summed E-state index contributed by atoms with van der Waals surface area (Å²) in [6, 6.07) is 5.51. The molecule has 2 aromatic rings. The van der Waals surface area contributed by atoms with Crippen molar-refractivity contribution in [1.29, 1.82) is 0 Å². The summed E-state index contributed by atoms with van der Waals surface area (Å²) in [5.74, 6) is 5.49. The van der Waals surface area contributed by atoms with Gasteiger partial charge in [0.25, 0.3) is 5.91 Å². The summed E-state index contributed by atoms with van der Waals surface area (Å²) >= 11 is 11.0. The first kappa shape index (κ1) is 16.3. The van der Waals surface area contributed by atoms with Gasteiger partial charge in [-0.3, -0.25) is 10.2 Å². The van der Waals surface area contributed by atoms with Crippen molar-refractivity contribution in [3.05, 3.63) is 48.6 Å². The number of thiophene rings is 1. The Morgan fingerprint density at radius 2 is 2.14 bits per heavy atom. The van der Waals surface area contributed by atoms with Crippen molar-refractivity contribution in [3.8, 4) is 5.75 Å². The lowest BCUT2D eigenvalue weighted by molar-refractivity contribution is 0.0957. The van der Waals surface area contributed by atoms with Crippen LogP contribution in [-0.4, -0.2) is 5.91 Å². The summed E-state index contributed by atoms with van der Waals surface area (Å²) in [4.78, 5) is 13.1. The summed E-state index contributed by atoms with van der Waals surface area (Å²) in [7, 11) is 0. The van der Waals surface area contributed by atoms with Crippen LogP contribution in [-0.2, 0) is 6.61 Å². The van der Waals surface area contributed by atoms with Crippen LogP contribution in [0.2, 0.25) is 5.02 Å². The Kier molecular flexibility index (Phi) is 5.27. The number of nitrogen functional groups attached to an aromatic ring is 1. The second kappa shape index (κ2) is 6.79. The molecule has 3 N–H and O–H groups in total. The molecular weight excluding hydrogens is 376 g/mol. The lowest BCUT2D eigenvalue weighted by atomic mass is 10.2. The van der Waals surface area contributed by atoms with Gasteiger partial charge in [0.05, 0.1) is 9.90 Å². The number of carbonyl (C=O) groups excluding carboxylic acids is 1. The minimum atomic E-state index is -0.299. The van der Waals surface area contributed by atoms with Gasteiger partial charge in [0.2, 0.25) is 0 Å². The SMILES string of the molecule is Cc1cc(Br)cc(Cl)c1OCc1cc(C(=O)NN)sc1C. The zero-order chi connectivity index (χ0) is 15.6. The highest BCUT2D eigenvalue weighted by Crippen LogP contribution is 2.33. The van der Waals surface area contributed by atoms with Gasteiger partial charge in [-0.1, -0.05) is 27.5 Å². The fourth-order valence-electron chi connectivity index (χ4n) is 1.87. The molecule has 0 spiro atoms. The van der Waals surface area contributed by atoms with Crippen LogP contribution in [0.1, 0.15) is 25.7 Å². The Morgan fingerprint density at radius 1 is 1.43 bits per heavy atom. The third kappa shape index (κ3) is 3.77. The van der Waals surface area contributed by atoms with E-state index in [9.17, 15) is 4.79 Å². The fourth-order valence-corrected chi connectivity index (χ4v) is 3.82. The summed E-state index contributed by atoms with van der Waals surface area (Å²) in [6.45, 7) is 4.22. The molecule has 112 valence electrons. The number of hydrogen-bond acceptors (Lipinski definition) is 4. The molecule has 0 aliphatic heterocycles. The van der Waals surface area contributed by atoms with Gasteiger partial charge in [-0.2, -0.15) is 0 Å². The lowest BCUT2D eigenvalue weighted by Gasteiger charge is -2.11. The van der Waals surface area contributed by atoms with Crippen molar-refractivity contribution in [1.82, 2.24) is 5.43 Å². The summed E-state index contributed by atoms with van der Waals surface area (Å²) in [5, 5.41) is 0.551. The van der Waals surface area contributed by atoms with Gasteiger partial charge in [-0.25, -0.2) is 5.84 Å². The molecule has 0 saturated carbocycles. The van der Waals surface area contributed by atoms with Crippen LogP contribution in [0.25, 0.3) is 0 Å². The molecule has 21 heavy (non-hydrogen) atoms. The van der Waals surface area contributed by atoms with E-state index in [1.807, 2.05) is 19.9 Å². The highest BCUT2D eigenvalue weighted by atomic mass is 79.9. The Morgan fingerprint density at radius 3 is 2.76 bits per heavy atom. The summed E-state index contributed by atoms with van der Waals surface area (Å²) in [6.07, 6.45) is 0. The van der Waals surface area contributed by atoms with Crippen LogP contribution in [0.4, 0.5) is 0 Å². The first-order valence-electron chi connectivity index (χ1n) is 6.11. The largest absolute Gasteiger partial charge is 0.487 e. The monoisotopic (exact) mass is 388 g/mol. The van der Waals surface area contributed by atoms with Gasteiger partial charge in [-0.15, -0.1) is 11.3 Å². The third-order valence-electron chi connectivity index (χ3n) is 2.94. The highest BCUT2D eigenvalue weighted by molar-refractivity contribution is 9.10. The predicted molar refractivity (Wildman–Crippen MR) is 88.9 cm³/mol. The molecule has 0 radical (unpaired) electrons. The molecule has 0 atom stereocenters. The number of hydrogen-bond donors (Lipinski definition) is 2. The maximum atomic E-state index is 11.5. The number of aryl methyl sites for hydroxylation is 2. The molecule has 0 aliphatic rings. The molecule has 0 aliphatic carbocycles. The smallest absolute Gasteiger partial charge is 0.275 e. The number of benzene rings is 1. The molecule has 0 bridgehead atoms. The Bertz CT molecular complexity index is 665. The molecule has 1 heterocycles. The van der Waals surface area contributed by atoms with Crippen molar-refractivity contribution in [2.75, 3.05) is 0 Å². The molecule has 0 unspecified atom stereocenters. The quantitative estimate of drug-likeness (QED) is 0.472. The fraction of sp³-hybridized carbons (Fsp3) is 0.214. The van der Waals surface area contributed by atoms with Crippen LogP contribution in [0.15, 0.2) is 22.7 Å². The first-order chi connectivity index (χ1) is 9.92. The second-order valence-corrected chi connectivity index (χ2v) is 7.07. The number of halogens is 2. The number of ether oxygens (including phenoxy) is 1. The van der Waals surface area contributed by atoms with E-state index in [1.54, 1.807) is 12.1 Å². The molecule has 4 nitrogen and oxygen atoms in total. The van der Waals surface area contributed by atoms with Crippen LogP contribution in [0, 0.1) is 13.8 Å². The Labute approximate surface area is 140 Å². The standard InChI is InChI=1S/C14H14BrClN2O2S/c1-7-3-10(15)5-11(16)13(7)20-6-9-4-12(14(19)18-17)21-8(9)2/h3-5H,6,17H2,1-2H3,(H,18,19). The zero-order valence-electron chi connectivity index (χ0n) is 11.5. The molecule has 1 aromatic heterocycles. The van der Waals surface area contributed by atoms with Crippen molar-refractivity contribution in [3.63, 3.8) is 0 Å². The summed E-state index contributed by atoms with van der Waals surface area (Å²) in [5.41, 5.74) is 4.01. The molecular formula is C14H14BrClN2O2S. The maximum Gasteiger partial charge on any atom is 0.275 e. The van der Waals surface area contributed by atoms with Crippen LogP contribution >= 0.6 is 38.9 Å².